The second-order valence-electron chi connectivity index (χ2n) is 6.00. The van der Waals surface area contributed by atoms with E-state index < -0.39 is 10.9 Å². The quantitative estimate of drug-likeness (QED) is 0.300. The summed E-state index contributed by atoms with van der Waals surface area (Å²) in [5.41, 5.74) is 2.93. The third kappa shape index (κ3) is 3.58. The van der Waals surface area contributed by atoms with Crippen LogP contribution in [0.15, 0.2) is 54.9 Å². The first kappa shape index (κ1) is 18.0. The van der Waals surface area contributed by atoms with Gasteiger partial charge in [0.1, 0.15) is 11.2 Å². The number of esters is 1. The molecule has 0 fully saturated rings. The number of nitro benzene ring substituents is 1. The first-order valence-corrected chi connectivity index (χ1v) is 8.46. The molecule has 2 aromatic heterocycles. The Hall–Kier alpha value is -4.34. The second kappa shape index (κ2) is 7.35. The van der Waals surface area contributed by atoms with Gasteiger partial charge in [-0.2, -0.15) is 4.98 Å². The summed E-state index contributed by atoms with van der Waals surface area (Å²) < 4.78 is 4.77. The van der Waals surface area contributed by atoms with Gasteiger partial charge < -0.3 is 15.0 Å². The summed E-state index contributed by atoms with van der Waals surface area (Å²) in [7, 11) is 1.31. The standard InChI is InChI=1S/C19H14N6O4/c1-29-18(26)12-5-2-4-11(8-12)15-16-17(21-10-20-16)24-19(23-15)22-13-6-3-7-14(9-13)25(27)28/h2-10H,1H3,(H2,20,21,22,23,24). The summed E-state index contributed by atoms with van der Waals surface area (Å²) in [6.45, 7) is 0. The summed E-state index contributed by atoms with van der Waals surface area (Å²) in [4.78, 5) is 38.4. The molecule has 0 aliphatic heterocycles. The summed E-state index contributed by atoms with van der Waals surface area (Å²) in [5.74, 6) is -0.241. The van der Waals surface area contributed by atoms with Gasteiger partial charge in [-0.25, -0.2) is 14.8 Å². The van der Waals surface area contributed by atoms with Crippen LogP contribution in [0.5, 0.6) is 0 Å². The average molecular weight is 390 g/mol. The molecule has 4 aromatic rings. The topological polar surface area (TPSA) is 136 Å². The third-order valence-corrected chi connectivity index (χ3v) is 4.15. The lowest BCUT2D eigenvalue weighted by Crippen LogP contribution is -2.02. The highest BCUT2D eigenvalue weighted by Crippen LogP contribution is 2.28. The van der Waals surface area contributed by atoms with Crippen molar-refractivity contribution in [1.82, 2.24) is 19.9 Å². The van der Waals surface area contributed by atoms with Crippen molar-refractivity contribution in [2.24, 2.45) is 0 Å². The van der Waals surface area contributed by atoms with Crippen LogP contribution in [0.3, 0.4) is 0 Å². The number of hydrogen-bond acceptors (Lipinski definition) is 8. The molecule has 2 N–H and O–H groups in total. The number of benzene rings is 2. The number of rotatable bonds is 5. The Kier molecular flexibility index (Phi) is 4.57. The summed E-state index contributed by atoms with van der Waals surface area (Å²) >= 11 is 0. The van der Waals surface area contributed by atoms with E-state index in [1.54, 1.807) is 36.4 Å². The highest BCUT2D eigenvalue weighted by Gasteiger charge is 2.15. The van der Waals surface area contributed by atoms with E-state index in [1.807, 2.05) is 0 Å². The van der Waals surface area contributed by atoms with Crippen LogP contribution in [-0.4, -0.2) is 37.9 Å². The fourth-order valence-corrected chi connectivity index (χ4v) is 2.83. The van der Waals surface area contributed by atoms with Gasteiger partial charge in [0.15, 0.2) is 5.65 Å². The number of aromatic amines is 1. The van der Waals surface area contributed by atoms with Gasteiger partial charge in [-0.1, -0.05) is 18.2 Å². The molecule has 0 saturated heterocycles. The van der Waals surface area contributed by atoms with E-state index in [0.717, 1.165) is 0 Å². The zero-order valence-corrected chi connectivity index (χ0v) is 15.1. The van der Waals surface area contributed by atoms with Crippen molar-refractivity contribution in [3.63, 3.8) is 0 Å². The van der Waals surface area contributed by atoms with E-state index in [1.165, 1.54) is 25.6 Å². The lowest BCUT2D eigenvalue weighted by molar-refractivity contribution is -0.384. The highest BCUT2D eigenvalue weighted by molar-refractivity contribution is 5.93. The van der Waals surface area contributed by atoms with E-state index >= 15 is 0 Å². The number of fused-ring (bicyclic) bond motifs is 1. The number of anilines is 2. The summed E-state index contributed by atoms with van der Waals surface area (Å²) in [6.07, 6.45) is 1.49. The predicted molar refractivity (Wildman–Crippen MR) is 105 cm³/mol. The van der Waals surface area contributed by atoms with Crippen molar-refractivity contribution >= 4 is 34.5 Å². The molecule has 2 heterocycles. The van der Waals surface area contributed by atoms with Gasteiger partial charge in [0.25, 0.3) is 5.69 Å². The van der Waals surface area contributed by atoms with E-state index in [-0.39, 0.29) is 11.6 Å². The van der Waals surface area contributed by atoms with Crippen LogP contribution in [0.25, 0.3) is 22.4 Å². The van der Waals surface area contributed by atoms with E-state index in [2.05, 4.69) is 25.3 Å². The Morgan fingerprint density at radius 1 is 1.17 bits per heavy atom. The fourth-order valence-electron chi connectivity index (χ4n) is 2.83. The monoisotopic (exact) mass is 390 g/mol. The van der Waals surface area contributed by atoms with Crippen LogP contribution in [0.4, 0.5) is 17.3 Å². The van der Waals surface area contributed by atoms with Crippen molar-refractivity contribution in [3.05, 3.63) is 70.5 Å². The van der Waals surface area contributed by atoms with Crippen LogP contribution in [-0.2, 0) is 4.74 Å². The number of nitro groups is 1. The summed E-state index contributed by atoms with van der Waals surface area (Å²) in [6, 6.07) is 12.8. The molecule has 0 unspecified atom stereocenters. The molecule has 0 spiro atoms. The molecule has 0 atom stereocenters. The molecule has 0 radical (unpaired) electrons. The molecule has 0 bridgehead atoms. The Balaban J connectivity index is 1.78. The Morgan fingerprint density at radius 3 is 2.79 bits per heavy atom. The molecular weight excluding hydrogens is 376 g/mol. The van der Waals surface area contributed by atoms with Crippen molar-refractivity contribution in [1.29, 1.82) is 0 Å². The maximum Gasteiger partial charge on any atom is 0.337 e. The molecule has 29 heavy (non-hydrogen) atoms. The normalized spacial score (nSPS) is 10.7. The minimum atomic E-state index is -0.478. The van der Waals surface area contributed by atoms with Crippen molar-refractivity contribution in [2.45, 2.75) is 0 Å². The van der Waals surface area contributed by atoms with E-state index in [9.17, 15) is 14.9 Å². The van der Waals surface area contributed by atoms with Gasteiger partial charge in [0, 0.05) is 23.4 Å². The Labute approximate surface area is 163 Å². The SMILES string of the molecule is COC(=O)c1cccc(-c2nc(Nc3cccc([N+](=O)[O-])c3)nc3[nH]cnc23)c1. The zero-order chi connectivity index (χ0) is 20.4. The molecule has 144 valence electrons. The van der Waals surface area contributed by atoms with Crippen LogP contribution in [0.2, 0.25) is 0 Å². The zero-order valence-electron chi connectivity index (χ0n) is 15.1. The number of non-ortho nitro benzene ring substituents is 1. The number of imidazole rings is 1. The van der Waals surface area contributed by atoms with Crippen LogP contribution in [0.1, 0.15) is 10.4 Å². The maximum absolute atomic E-state index is 11.9. The molecule has 0 amide bonds. The van der Waals surface area contributed by atoms with Gasteiger partial charge in [-0.15, -0.1) is 0 Å². The number of ether oxygens (including phenoxy) is 1. The van der Waals surface area contributed by atoms with Crippen molar-refractivity contribution < 1.29 is 14.5 Å². The third-order valence-electron chi connectivity index (χ3n) is 4.15. The molecule has 0 saturated carbocycles. The predicted octanol–water partition coefficient (Wildman–Crippen LogP) is 3.46. The lowest BCUT2D eigenvalue weighted by Gasteiger charge is -2.09. The molecular formula is C19H14N6O4. The number of aromatic nitrogens is 4. The maximum atomic E-state index is 11.9. The molecule has 2 aromatic carbocycles. The number of nitrogens with one attached hydrogen (secondary N) is 2. The van der Waals surface area contributed by atoms with E-state index in [0.29, 0.717) is 33.7 Å². The minimum absolute atomic E-state index is 0.0522. The Morgan fingerprint density at radius 2 is 2.00 bits per heavy atom. The molecule has 10 nitrogen and oxygen atoms in total. The molecule has 4 rings (SSSR count). The van der Waals surface area contributed by atoms with Crippen LogP contribution >= 0.6 is 0 Å². The van der Waals surface area contributed by atoms with E-state index in [4.69, 9.17) is 4.74 Å². The lowest BCUT2D eigenvalue weighted by atomic mass is 10.1. The molecule has 10 heteroatoms. The first-order valence-electron chi connectivity index (χ1n) is 8.46. The number of hydrogen-bond donors (Lipinski definition) is 2. The number of carbonyl (C=O) groups is 1. The highest BCUT2D eigenvalue weighted by atomic mass is 16.6. The number of H-pyrrole nitrogens is 1. The average Bonchev–Trinajstić information content (AvgIpc) is 3.21. The fraction of sp³-hybridized carbons (Fsp3) is 0.0526. The van der Waals surface area contributed by atoms with Gasteiger partial charge in [0.05, 0.1) is 23.9 Å². The van der Waals surface area contributed by atoms with Gasteiger partial charge in [-0.3, -0.25) is 10.1 Å². The van der Waals surface area contributed by atoms with Gasteiger partial charge >= 0.3 is 5.97 Å². The second-order valence-corrected chi connectivity index (χ2v) is 6.00. The minimum Gasteiger partial charge on any atom is -0.465 e. The van der Waals surface area contributed by atoms with Gasteiger partial charge in [0.2, 0.25) is 5.95 Å². The Bertz CT molecular complexity index is 1240. The molecule has 0 aliphatic carbocycles. The van der Waals surface area contributed by atoms with Crippen molar-refractivity contribution in [3.8, 4) is 11.3 Å². The molecule has 0 aliphatic rings. The first-order chi connectivity index (χ1) is 14.0. The summed E-state index contributed by atoms with van der Waals surface area (Å²) in [5, 5.41) is 14.0. The number of carbonyl (C=O) groups excluding carboxylic acids is 1. The number of nitrogens with zero attached hydrogens (tertiary/aromatic N) is 4. The van der Waals surface area contributed by atoms with Crippen molar-refractivity contribution in [2.75, 3.05) is 12.4 Å². The smallest absolute Gasteiger partial charge is 0.337 e. The van der Waals surface area contributed by atoms with Crippen LogP contribution in [0, 0.1) is 10.1 Å². The number of methoxy groups -OCH3 is 1. The van der Waals surface area contributed by atoms with Gasteiger partial charge in [-0.05, 0) is 18.2 Å². The van der Waals surface area contributed by atoms with Crippen LogP contribution < -0.4 is 5.32 Å². The largest absolute Gasteiger partial charge is 0.465 e.